The van der Waals surface area contributed by atoms with Crippen molar-refractivity contribution in [2.45, 2.75) is 84.3 Å². The van der Waals surface area contributed by atoms with Crippen LogP contribution in [0.2, 0.25) is 0 Å². The van der Waals surface area contributed by atoms with E-state index in [2.05, 4.69) is 32.6 Å². The zero-order chi connectivity index (χ0) is 13.3. The molecule has 0 radical (unpaired) electrons. The summed E-state index contributed by atoms with van der Waals surface area (Å²) < 4.78 is 0. The lowest BCUT2D eigenvalue weighted by Crippen LogP contribution is -2.53. The lowest BCUT2D eigenvalue weighted by atomic mass is 9.67. The van der Waals surface area contributed by atoms with Crippen molar-refractivity contribution in [3.63, 3.8) is 0 Å². The van der Waals surface area contributed by atoms with E-state index in [1.165, 1.54) is 45.1 Å². The fourth-order valence-corrected chi connectivity index (χ4v) is 3.72. The monoisotopic (exact) mass is 252 g/mol. The molecule has 2 aliphatic carbocycles. The molecule has 0 aromatic rings. The summed E-state index contributed by atoms with van der Waals surface area (Å²) in [5.74, 6) is 0.861. The van der Waals surface area contributed by atoms with Gasteiger partial charge >= 0.3 is 0 Å². The summed E-state index contributed by atoms with van der Waals surface area (Å²) in [6.07, 6.45) is 7.97. The van der Waals surface area contributed by atoms with Crippen molar-refractivity contribution in [2.24, 2.45) is 17.1 Å². The first-order valence-electron chi connectivity index (χ1n) is 8.01. The quantitative estimate of drug-likeness (QED) is 0.812. The molecule has 2 N–H and O–H groups in total. The highest BCUT2D eigenvalue weighted by atomic mass is 15.2. The van der Waals surface area contributed by atoms with E-state index >= 15 is 0 Å². The van der Waals surface area contributed by atoms with Gasteiger partial charge in [0.05, 0.1) is 0 Å². The Bertz CT molecular complexity index is 270. The van der Waals surface area contributed by atoms with Crippen molar-refractivity contribution >= 4 is 0 Å². The van der Waals surface area contributed by atoms with E-state index in [1.54, 1.807) is 0 Å². The molecule has 2 aliphatic rings. The van der Waals surface area contributed by atoms with Crippen molar-refractivity contribution in [3.05, 3.63) is 0 Å². The van der Waals surface area contributed by atoms with Crippen molar-refractivity contribution in [2.75, 3.05) is 6.54 Å². The number of hydrogen-bond donors (Lipinski definition) is 1. The molecule has 0 spiro atoms. The van der Waals surface area contributed by atoms with E-state index in [0.717, 1.165) is 12.0 Å². The zero-order valence-electron chi connectivity index (χ0n) is 12.8. The van der Waals surface area contributed by atoms with E-state index in [9.17, 15) is 0 Å². The molecule has 2 nitrogen and oxygen atoms in total. The number of rotatable bonds is 5. The lowest BCUT2D eigenvalue weighted by Gasteiger charge is -2.46. The fourth-order valence-electron chi connectivity index (χ4n) is 3.72. The Balaban J connectivity index is 2.04. The van der Waals surface area contributed by atoms with Gasteiger partial charge < -0.3 is 5.73 Å². The molecule has 0 bridgehead atoms. The van der Waals surface area contributed by atoms with Gasteiger partial charge in [-0.3, -0.25) is 4.90 Å². The summed E-state index contributed by atoms with van der Waals surface area (Å²) in [6, 6.07) is 1.91. The highest BCUT2D eigenvalue weighted by Gasteiger charge is 2.41. The predicted octanol–water partition coefficient (Wildman–Crippen LogP) is 3.40. The van der Waals surface area contributed by atoms with Crippen molar-refractivity contribution in [1.29, 1.82) is 0 Å². The van der Waals surface area contributed by atoms with Gasteiger partial charge in [-0.05, 0) is 50.0 Å². The normalized spacial score (nSPS) is 34.0. The largest absolute Gasteiger partial charge is 0.326 e. The first-order chi connectivity index (χ1) is 8.49. The van der Waals surface area contributed by atoms with Crippen LogP contribution in [0, 0.1) is 11.3 Å². The van der Waals surface area contributed by atoms with Crippen molar-refractivity contribution < 1.29 is 0 Å². The summed E-state index contributed by atoms with van der Waals surface area (Å²) in [5.41, 5.74) is 6.91. The Labute approximate surface area is 113 Å². The SMILES string of the molecule is CCN(C1CC1)C1CC(C(C)(C)CC)CCC1N. The molecule has 0 heterocycles. The molecule has 0 aromatic carbocycles. The van der Waals surface area contributed by atoms with Crippen molar-refractivity contribution in [3.8, 4) is 0 Å². The molecule has 2 heteroatoms. The molecule has 2 saturated carbocycles. The molecular weight excluding hydrogens is 220 g/mol. The molecule has 106 valence electrons. The van der Waals surface area contributed by atoms with Gasteiger partial charge in [-0.25, -0.2) is 0 Å². The van der Waals surface area contributed by atoms with Gasteiger partial charge in [0.2, 0.25) is 0 Å². The standard InChI is InChI=1S/C16H32N2/c1-5-16(3,4)12-7-10-14(17)15(11-12)18(6-2)13-8-9-13/h12-15H,5-11,17H2,1-4H3. The van der Waals surface area contributed by atoms with Crippen LogP contribution < -0.4 is 5.73 Å². The van der Waals surface area contributed by atoms with Gasteiger partial charge in [-0.15, -0.1) is 0 Å². The smallest absolute Gasteiger partial charge is 0.0252 e. The molecule has 18 heavy (non-hydrogen) atoms. The van der Waals surface area contributed by atoms with Crippen LogP contribution in [-0.2, 0) is 0 Å². The minimum Gasteiger partial charge on any atom is -0.326 e. The van der Waals surface area contributed by atoms with E-state index in [4.69, 9.17) is 5.73 Å². The number of likely N-dealkylation sites (N-methyl/N-ethyl adjacent to an activating group) is 1. The molecule has 2 rings (SSSR count). The molecule has 0 aromatic heterocycles. The van der Waals surface area contributed by atoms with Gasteiger partial charge in [-0.1, -0.05) is 34.1 Å². The number of nitrogens with two attached hydrogens (primary N) is 1. The highest BCUT2D eigenvalue weighted by molar-refractivity contribution is 4.97. The Morgan fingerprint density at radius 2 is 1.78 bits per heavy atom. The Kier molecular flexibility index (Phi) is 4.38. The van der Waals surface area contributed by atoms with Crippen LogP contribution >= 0.6 is 0 Å². The molecule has 0 amide bonds. The topological polar surface area (TPSA) is 29.3 Å². The maximum atomic E-state index is 6.43. The molecular formula is C16H32N2. The van der Waals surface area contributed by atoms with Gasteiger partial charge in [0.1, 0.15) is 0 Å². The predicted molar refractivity (Wildman–Crippen MR) is 78.6 cm³/mol. The third-order valence-corrected chi connectivity index (χ3v) is 5.69. The second kappa shape index (κ2) is 5.50. The third kappa shape index (κ3) is 2.91. The lowest BCUT2D eigenvalue weighted by molar-refractivity contribution is 0.0584. The van der Waals surface area contributed by atoms with Crippen LogP contribution in [-0.4, -0.2) is 29.6 Å². The van der Waals surface area contributed by atoms with Crippen molar-refractivity contribution in [1.82, 2.24) is 4.90 Å². The summed E-state index contributed by atoms with van der Waals surface area (Å²) in [5, 5.41) is 0. The first kappa shape index (κ1) is 14.3. The van der Waals surface area contributed by atoms with Crippen LogP contribution in [0.25, 0.3) is 0 Å². The van der Waals surface area contributed by atoms with Crippen LogP contribution in [0.15, 0.2) is 0 Å². The summed E-state index contributed by atoms with van der Waals surface area (Å²) in [7, 11) is 0. The molecule has 0 saturated heterocycles. The molecule has 3 atom stereocenters. The average Bonchev–Trinajstić information content (AvgIpc) is 3.16. The summed E-state index contributed by atoms with van der Waals surface area (Å²) >= 11 is 0. The maximum Gasteiger partial charge on any atom is 0.0252 e. The molecule has 2 fully saturated rings. The van der Waals surface area contributed by atoms with Crippen LogP contribution in [0.3, 0.4) is 0 Å². The third-order valence-electron chi connectivity index (χ3n) is 5.69. The molecule has 0 aliphatic heterocycles. The van der Waals surface area contributed by atoms with E-state index in [0.29, 0.717) is 17.5 Å². The summed E-state index contributed by atoms with van der Waals surface area (Å²) in [4.78, 5) is 2.71. The Morgan fingerprint density at radius 3 is 2.28 bits per heavy atom. The fraction of sp³-hybridized carbons (Fsp3) is 1.00. The molecule has 3 unspecified atom stereocenters. The van der Waals surface area contributed by atoms with E-state index in [-0.39, 0.29) is 0 Å². The zero-order valence-corrected chi connectivity index (χ0v) is 12.8. The Hall–Kier alpha value is -0.0800. The van der Waals surface area contributed by atoms with Crippen LogP contribution in [0.5, 0.6) is 0 Å². The van der Waals surface area contributed by atoms with Crippen LogP contribution in [0.4, 0.5) is 0 Å². The van der Waals surface area contributed by atoms with Gasteiger partial charge in [0.15, 0.2) is 0 Å². The minimum atomic E-state index is 0.412. The van der Waals surface area contributed by atoms with E-state index in [1.807, 2.05) is 0 Å². The number of nitrogens with zero attached hydrogens (tertiary/aromatic N) is 1. The Morgan fingerprint density at radius 1 is 1.11 bits per heavy atom. The van der Waals surface area contributed by atoms with Crippen LogP contribution in [0.1, 0.15) is 66.2 Å². The minimum absolute atomic E-state index is 0.412. The second-order valence-corrected chi connectivity index (χ2v) is 7.14. The average molecular weight is 252 g/mol. The van der Waals surface area contributed by atoms with E-state index < -0.39 is 0 Å². The van der Waals surface area contributed by atoms with Gasteiger partial charge in [0.25, 0.3) is 0 Å². The maximum absolute atomic E-state index is 6.43. The first-order valence-corrected chi connectivity index (χ1v) is 8.01. The highest BCUT2D eigenvalue weighted by Crippen LogP contribution is 2.43. The van der Waals surface area contributed by atoms with Gasteiger partial charge in [0, 0.05) is 18.1 Å². The number of hydrogen-bond acceptors (Lipinski definition) is 2. The van der Waals surface area contributed by atoms with Gasteiger partial charge in [-0.2, -0.15) is 0 Å². The summed E-state index contributed by atoms with van der Waals surface area (Å²) in [6.45, 7) is 10.7. The second-order valence-electron chi connectivity index (χ2n) is 7.14.